The monoisotopic (exact) mass is 217 g/mol. The number of ether oxygens (including phenoxy) is 1. The van der Waals surface area contributed by atoms with E-state index in [1.165, 1.54) is 12.8 Å². The number of rotatable bonds is 9. The first-order chi connectivity index (χ1) is 7.08. The molecule has 2 N–H and O–H groups in total. The molecule has 0 saturated heterocycles. The predicted molar refractivity (Wildman–Crippen MR) is 64.1 cm³/mol. The van der Waals surface area contributed by atoms with E-state index in [1.807, 2.05) is 14.0 Å². The van der Waals surface area contributed by atoms with Crippen LogP contribution in [-0.4, -0.2) is 37.0 Å². The van der Waals surface area contributed by atoms with Gasteiger partial charge in [0.05, 0.1) is 12.7 Å². The Bertz CT molecular complexity index is 147. The number of aliphatic hydroxyl groups is 1. The van der Waals surface area contributed by atoms with Crippen molar-refractivity contribution in [2.24, 2.45) is 0 Å². The normalized spacial score (nSPS) is 17.4. The Kier molecular flexibility index (Phi) is 8.02. The molecule has 0 aromatic carbocycles. The van der Waals surface area contributed by atoms with Crippen LogP contribution in [0.4, 0.5) is 0 Å². The summed E-state index contributed by atoms with van der Waals surface area (Å²) < 4.78 is 5.69. The highest BCUT2D eigenvalue weighted by Gasteiger charge is 2.23. The molecule has 0 amide bonds. The molecule has 0 saturated carbocycles. The summed E-state index contributed by atoms with van der Waals surface area (Å²) >= 11 is 0. The fraction of sp³-hybridized carbons (Fsp3) is 1.00. The summed E-state index contributed by atoms with van der Waals surface area (Å²) in [4.78, 5) is 0. The van der Waals surface area contributed by atoms with Crippen LogP contribution in [0.25, 0.3) is 0 Å². The van der Waals surface area contributed by atoms with Gasteiger partial charge in [0, 0.05) is 12.1 Å². The highest BCUT2D eigenvalue weighted by Crippen LogP contribution is 2.13. The molecule has 0 aliphatic carbocycles. The van der Waals surface area contributed by atoms with Gasteiger partial charge in [-0.25, -0.2) is 0 Å². The predicted octanol–water partition coefficient (Wildman–Crippen LogP) is 1.94. The van der Waals surface area contributed by atoms with Crippen molar-refractivity contribution in [1.82, 2.24) is 5.32 Å². The highest BCUT2D eigenvalue weighted by atomic mass is 16.5. The number of hydrogen-bond donors (Lipinski definition) is 2. The van der Waals surface area contributed by atoms with Gasteiger partial charge >= 0.3 is 0 Å². The second kappa shape index (κ2) is 8.08. The van der Waals surface area contributed by atoms with Gasteiger partial charge in [0.15, 0.2) is 0 Å². The molecule has 0 aliphatic rings. The Morgan fingerprint density at radius 2 is 2.07 bits per heavy atom. The first kappa shape index (κ1) is 14.9. The fourth-order valence-electron chi connectivity index (χ4n) is 1.58. The molecule has 0 radical (unpaired) electrons. The molecule has 0 aliphatic heterocycles. The third kappa shape index (κ3) is 6.88. The van der Waals surface area contributed by atoms with Gasteiger partial charge in [0.25, 0.3) is 0 Å². The van der Waals surface area contributed by atoms with E-state index in [1.54, 1.807) is 0 Å². The maximum Gasteiger partial charge on any atom is 0.0611 e. The zero-order valence-corrected chi connectivity index (χ0v) is 10.7. The molecule has 0 spiro atoms. The molecular weight excluding hydrogens is 190 g/mol. The first-order valence-corrected chi connectivity index (χ1v) is 5.99. The van der Waals surface area contributed by atoms with Crippen LogP contribution in [0, 0.1) is 0 Å². The van der Waals surface area contributed by atoms with E-state index in [4.69, 9.17) is 4.74 Å². The minimum absolute atomic E-state index is 0.145. The van der Waals surface area contributed by atoms with Crippen LogP contribution in [0.15, 0.2) is 0 Å². The zero-order valence-electron chi connectivity index (χ0n) is 10.7. The van der Waals surface area contributed by atoms with Crippen molar-refractivity contribution in [1.29, 1.82) is 0 Å². The van der Waals surface area contributed by atoms with Crippen molar-refractivity contribution in [2.45, 2.75) is 58.1 Å². The standard InChI is InChI=1S/C12H27NO2/c1-5-6-7-8-15-11(2)9-12(3,10-14)13-4/h11,13-14H,5-10H2,1-4H3. The third-order valence-electron chi connectivity index (χ3n) is 2.84. The number of unbranched alkanes of at least 4 members (excludes halogenated alkanes) is 2. The summed E-state index contributed by atoms with van der Waals surface area (Å²) in [6.07, 6.45) is 4.63. The van der Waals surface area contributed by atoms with E-state index in [-0.39, 0.29) is 18.2 Å². The van der Waals surface area contributed by atoms with Gasteiger partial charge in [-0.3, -0.25) is 0 Å². The van der Waals surface area contributed by atoms with E-state index >= 15 is 0 Å². The molecule has 92 valence electrons. The molecule has 2 unspecified atom stereocenters. The molecule has 0 aromatic heterocycles. The van der Waals surface area contributed by atoms with E-state index in [9.17, 15) is 5.11 Å². The minimum Gasteiger partial charge on any atom is -0.394 e. The molecule has 0 aromatic rings. The topological polar surface area (TPSA) is 41.5 Å². The van der Waals surface area contributed by atoms with Gasteiger partial charge in [-0.05, 0) is 33.7 Å². The fourth-order valence-corrected chi connectivity index (χ4v) is 1.58. The number of aliphatic hydroxyl groups excluding tert-OH is 1. The second-order valence-electron chi connectivity index (χ2n) is 4.56. The minimum atomic E-state index is -0.218. The summed E-state index contributed by atoms with van der Waals surface area (Å²) in [5, 5.41) is 12.4. The van der Waals surface area contributed by atoms with Gasteiger partial charge in [0.2, 0.25) is 0 Å². The van der Waals surface area contributed by atoms with Crippen LogP contribution in [0.3, 0.4) is 0 Å². The molecule has 0 heterocycles. The maximum absolute atomic E-state index is 9.23. The van der Waals surface area contributed by atoms with Gasteiger partial charge in [-0.2, -0.15) is 0 Å². The quantitative estimate of drug-likeness (QED) is 0.580. The lowest BCUT2D eigenvalue weighted by Gasteiger charge is -2.29. The molecule has 0 rings (SSSR count). The van der Waals surface area contributed by atoms with Crippen molar-refractivity contribution >= 4 is 0 Å². The van der Waals surface area contributed by atoms with Gasteiger partial charge in [-0.1, -0.05) is 19.8 Å². The Morgan fingerprint density at radius 3 is 2.53 bits per heavy atom. The van der Waals surface area contributed by atoms with E-state index in [0.717, 1.165) is 19.4 Å². The lowest BCUT2D eigenvalue weighted by molar-refractivity contribution is 0.0281. The molecule has 0 bridgehead atoms. The number of likely N-dealkylation sites (N-methyl/N-ethyl adjacent to an activating group) is 1. The Hall–Kier alpha value is -0.120. The molecule has 3 nitrogen and oxygen atoms in total. The van der Waals surface area contributed by atoms with E-state index in [2.05, 4.69) is 19.2 Å². The molecule has 0 fully saturated rings. The molecular formula is C12H27NO2. The summed E-state index contributed by atoms with van der Waals surface area (Å²) in [7, 11) is 1.88. The largest absolute Gasteiger partial charge is 0.394 e. The van der Waals surface area contributed by atoms with Crippen molar-refractivity contribution < 1.29 is 9.84 Å². The van der Waals surface area contributed by atoms with Crippen LogP contribution in [0.2, 0.25) is 0 Å². The number of hydrogen-bond acceptors (Lipinski definition) is 3. The average Bonchev–Trinajstić information content (AvgIpc) is 2.24. The van der Waals surface area contributed by atoms with Gasteiger partial charge in [0.1, 0.15) is 0 Å². The van der Waals surface area contributed by atoms with Crippen LogP contribution in [0.5, 0.6) is 0 Å². The van der Waals surface area contributed by atoms with Crippen molar-refractivity contribution in [2.75, 3.05) is 20.3 Å². The summed E-state index contributed by atoms with van der Waals surface area (Å²) in [6.45, 7) is 7.25. The zero-order chi connectivity index (χ0) is 11.7. The Morgan fingerprint density at radius 1 is 1.40 bits per heavy atom. The third-order valence-corrected chi connectivity index (χ3v) is 2.84. The number of nitrogens with one attached hydrogen (secondary N) is 1. The first-order valence-electron chi connectivity index (χ1n) is 5.99. The van der Waals surface area contributed by atoms with Gasteiger partial charge in [-0.15, -0.1) is 0 Å². The molecule has 2 atom stereocenters. The van der Waals surface area contributed by atoms with Crippen LogP contribution in [0.1, 0.15) is 46.5 Å². The Balaban J connectivity index is 3.67. The summed E-state index contributed by atoms with van der Waals surface area (Å²) in [5.74, 6) is 0. The molecule has 3 heteroatoms. The smallest absolute Gasteiger partial charge is 0.0611 e. The summed E-state index contributed by atoms with van der Waals surface area (Å²) in [5.41, 5.74) is -0.218. The van der Waals surface area contributed by atoms with E-state index in [0.29, 0.717) is 0 Å². The van der Waals surface area contributed by atoms with Crippen molar-refractivity contribution in [3.8, 4) is 0 Å². The van der Waals surface area contributed by atoms with Crippen molar-refractivity contribution in [3.63, 3.8) is 0 Å². The highest BCUT2D eigenvalue weighted by molar-refractivity contribution is 4.82. The maximum atomic E-state index is 9.23. The lowest BCUT2D eigenvalue weighted by atomic mass is 9.96. The van der Waals surface area contributed by atoms with Crippen molar-refractivity contribution in [3.05, 3.63) is 0 Å². The van der Waals surface area contributed by atoms with Crippen LogP contribution in [-0.2, 0) is 4.74 Å². The van der Waals surface area contributed by atoms with Crippen LogP contribution < -0.4 is 5.32 Å². The van der Waals surface area contributed by atoms with Crippen LogP contribution >= 0.6 is 0 Å². The lowest BCUT2D eigenvalue weighted by Crippen LogP contribution is -2.46. The molecule has 15 heavy (non-hydrogen) atoms. The summed E-state index contributed by atoms with van der Waals surface area (Å²) in [6, 6.07) is 0. The van der Waals surface area contributed by atoms with E-state index < -0.39 is 0 Å². The van der Waals surface area contributed by atoms with Gasteiger partial charge < -0.3 is 15.2 Å². The SMILES string of the molecule is CCCCCOC(C)CC(C)(CO)NC. The second-order valence-corrected chi connectivity index (χ2v) is 4.56. The Labute approximate surface area is 94.2 Å². The average molecular weight is 217 g/mol.